The lowest BCUT2D eigenvalue weighted by Gasteiger charge is -2.18. The van der Waals surface area contributed by atoms with Crippen LogP contribution in [-0.4, -0.2) is 0 Å². The highest BCUT2D eigenvalue weighted by Crippen LogP contribution is 2.25. The van der Waals surface area contributed by atoms with Gasteiger partial charge in [-0.05, 0) is 49.1 Å². The van der Waals surface area contributed by atoms with Crippen molar-refractivity contribution in [2.45, 2.75) is 33.2 Å². The van der Waals surface area contributed by atoms with Crippen LogP contribution in [0.4, 0.5) is 5.69 Å². The average molecular weight is 318 g/mol. The second-order valence-corrected chi connectivity index (χ2v) is 5.84. The maximum atomic E-state index is 3.57. The minimum atomic E-state index is 0.305. The van der Waals surface area contributed by atoms with Crippen LogP contribution in [0.3, 0.4) is 0 Å². The molecular formula is C17H20BrN. The van der Waals surface area contributed by atoms with Crippen molar-refractivity contribution in [2.75, 3.05) is 5.32 Å². The molecule has 0 aliphatic heterocycles. The summed E-state index contributed by atoms with van der Waals surface area (Å²) in [4.78, 5) is 0. The molecule has 100 valence electrons. The van der Waals surface area contributed by atoms with Gasteiger partial charge in [-0.15, -0.1) is 0 Å². The molecule has 0 saturated heterocycles. The molecule has 1 unspecified atom stereocenters. The van der Waals surface area contributed by atoms with Gasteiger partial charge in [0.05, 0.1) is 0 Å². The van der Waals surface area contributed by atoms with Crippen LogP contribution in [0.25, 0.3) is 0 Å². The number of hydrogen-bond acceptors (Lipinski definition) is 1. The van der Waals surface area contributed by atoms with Gasteiger partial charge in [0.25, 0.3) is 0 Å². The molecule has 0 radical (unpaired) electrons. The molecule has 1 atom stereocenters. The van der Waals surface area contributed by atoms with Crippen LogP contribution >= 0.6 is 15.9 Å². The van der Waals surface area contributed by atoms with Crippen LogP contribution in [0.2, 0.25) is 0 Å². The van der Waals surface area contributed by atoms with Crippen LogP contribution in [0, 0.1) is 6.92 Å². The number of rotatable bonds is 4. The predicted molar refractivity (Wildman–Crippen MR) is 86.7 cm³/mol. The fourth-order valence-corrected chi connectivity index (χ4v) is 2.47. The number of benzene rings is 2. The predicted octanol–water partition coefficient (Wildman–Crippen LogP) is 5.49. The van der Waals surface area contributed by atoms with Crippen molar-refractivity contribution in [3.63, 3.8) is 0 Å². The maximum Gasteiger partial charge on any atom is 0.0485 e. The Balaban J connectivity index is 2.15. The third-order valence-corrected chi connectivity index (χ3v) is 3.95. The summed E-state index contributed by atoms with van der Waals surface area (Å²) in [6.07, 6.45) is 1.09. The Morgan fingerprint density at radius 2 is 1.79 bits per heavy atom. The van der Waals surface area contributed by atoms with E-state index in [0.717, 1.165) is 10.9 Å². The molecule has 0 spiro atoms. The van der Waals surface area contributed by atoms with Gasteiger partial charge in [0.15, 0.2) is 0 Å². The highest BCUT2D eigenvalue weighted by Gasteiger charge is 2.07. The molecule has 0 aromatic heterocycles. The Hall–Kier alpha value is -1.28. The Morgan fingerprint density at radius 1 is 1.11 bits per heavy atom. The SMILES string of the molecule is CCc1ccc(C(C)Nc2cc(Br)ccc2C)cc1. The molecule has 19 heavy (non-hydrogen) atoms. The van der Waals surface area contributed by atoms with Crippen LogP contribution in [0.1, 0.15) is 36.6 Å². The van der Waals surface area contributed by atoms with Gasteiger partial charge in [-0.25, -0.2) is 0 Å². The third-order valence-electron chi connectivity index (χ3n) is 3.46. The molecule has 0 aliphatic carbocycles. The highest BCUT2D eigenvalue weighted by molar-refractivity contribution is 9.10. The van der Waals surface area contributed by atoms with Crippen molar-refractivity contribution in [3.8, 4) is 0 Å². The molecule has 2 rings (SSSR count). The highest BCUT2D eigenvalue weighted by atomic mass is 79.9. The fraction of sp³-hybridized carbons (Fsp3) is 0.294. The van der Waals surface area contributed by atoms with E-state index < -0.39 is 0 Å². The van der Waals surface area contributed by atoms with Crippen molar-refractivity contribution in [3.05, 3.63) is 63.6 Å². The number of halogens is 1. The molecule has 0 saturated carbocycles. The largest absolute Gasteiger partial charge is 0.378 e. The molecule has 1 N–H and O–H groups in total. The Morgan fingerprint density at radius 3 is 2.42 bits per heavy atom. The molecule has 2 heteroatoms. The number of hydrogen-bond donors (Lipinski definition) is 1. The zero-order valence-electron chi connectivity index (χ0n) is 11.7. The van der Waals surface area contributed by atoms with E-state index in [2.05, 4.69) is 84.5 Å². The van der Waals surface area contributed by atoms with Crippen LogP contribution in [0.15, 0.2) is 46.9 Å². The Bertz CT molecular complexity index is 546. The number of aryl methyl sites for hydroxylation is 2. The van der Waals surface area contributed by atoms with Gasteiger partial charge in [-0.1, -0.05) is 53.2 Å². The molecule has 0 bridgehead atoms. The van der Waals surface area contributed by atoms with Gasteiger partial charge in [-0.3, -0.25) is 0 Å². The molecule has 1 nitrogen and oxygen atoms in total. The molecule has 2 aromatic carbocycles. The minimum Gasteiger partial charge on any atom is -0.378 e. The van der Waals surface area contributed by atoms with Crippen LogP contribution in [-0.2, 0) is 6.42 Å². The van der Waals surface area contributed by atoms with E-state index in [-0.39, 0.29) is 0 Å². The second-order valence-electron chi connectivity index (χ2n) is 4.92. The van der Waals surface area contributed by atoms with E-state index in [1.807, 2.05) is 0 Å². The number of nitrogens with one attached hydrogen (secondary N) is 1. The lowest BCUT2D eigenvalue weighted by atomic mass is 10.0. The van der Waals surface area contributed by atoms with Crippen molar-refractivity contribution in [2.24, 2.45) is 0 Å². The monoisotopic (exact) mass is 317 g/mol. The van der Waals surface area contributed by atoms with Crippen LogP contribution < -0.4 is 5.32 Å². The molecule has 0 heterocycles. The molecular weight excluding hydrogens is 298 g/mol. The molecule has 0 fully saturated rings. The summed E-state index contributed by atoms with van der Waals surface area (Å²) in [6.45, 7) is 6.50. The average Bonchev–Trinajstić information content (AvgIpc) is 2.43. The van der Waals surface area contributed by atoms with E-state index in [0.29, 0.717) is 6.04 Å². The number of anilines is 1. The van der Waals surface area contributed by atoms with E-state index in [4.69, 9.17) is 0 Å². The summed E-state index contributed by atoms with van der Waals surface area (Å²) in [7, 11) is 0. The van der Waals surface area contributed by atoms with Gasteiger partial charge in [-0.2, -0.15) is 0 Å². The first-order valence-corrected chi connectivity index (χ1v) is 7.51. The lowest BCUT2D eigenvalue weighted by Crippen LogP contribution is -2.07. The maximum absolute atomic E-state index is 3.57. The summed E-state index contributed by atoms with van der Waals surface area (Å²) in [6, 6.07) is 15.5. The van der Waals surface area contributed by atoms with Crippen molar-refractivity contribution >= 4 is 21.6 Å². The van der Waals surface area contributed by atoms with Crippen molar-refractivity contribution < 1.29 is 0 Å². The normalized spacial score (nSPS) is 12.2. The first-order chi connectivity index (χ1) is 9.10. The zero-order chi connectivity index (χ0) is 13.8. The standard InChI is InChI=1S/C17H20BrN/c1-4-14-6-8-15(9-7-14)13(3)19-17-11-16(18)10-5-12(17)2/h5-11,13,19H,4H2,1-3H3. The minimum absolute atomic E-state index is 0.305. The van der Waals surface area contributed by atoms with E-state index in [9.17, 15) is 0 Å². The first kappa shape index (κ1) is 14.1. The van der Waals surface area contributed by atoms with Crippen LogP contribution in [0.5, 0.6) is 0 Å². The van der Waals surface area contributed by atoms with Gasteiger partial charge in [0, 0.05) is 16.2 Å². The molecule has 0 aliphatic rings. The summed E-state index contributed by atoms with van der Waals surface area (Å²) in [5, 5.41) is 3.57. The van der Waals surface area contributed by atoms with Gasteiger partial charge < -0.3 is 5.32 Å². The molecule has 0 amide bonds. The van der Waals surface area contributed by atoms with E-state index >= 15 is 0 Å². The molecule has 2 aromatic rings. The van der Waals surface area contributed by atoms with Gasteiger partial charge >= 0.3 is 0 Å². The van der Waals surface area contributed by atoms with Crippen molar-refractivity contribution in [1.29, 1.82) is 0 Å². The second kappa shape index (κ2) is 6.25. The summed E-state index contributed by atoms with van der Waals surface area (Å²) < 4.78 is 1.11. The van der Waals surface area contributed by atoms with Gasteiger partial charge in [0.2, 0.25) is 0 Å². The zero-order valence-corrected chi connectivity index (χ0v) is 13.3. The van der Waals surface area contributed by atoms with Gasteiger partial charge in [0.1, 0.15) is 0 Å². The fourth-order valence-electron chi connectivity index (χ4n) is 2.11. The lowest BCUT2D eigenvalue weighted by molar-refractivity contribution is 0.880. The quantitative estimate of drug-likeness (QED) is 0.785. The summed E-state index contributed by atoms with van der Waals surface area (Å²) >= 11 is 3.52. The third kappa shape index (κ3) is 3.60. The summed E-state index contributed by atoms with van der Waals surface area (Å²) in [5.41, 5.74) is 5.15. The first-order valence-electron chi connectivity index (χ1n) is 6.71. The Labute approximate surface area is 124 Å². The van der Waals surface area contributed by atoms with Crippen molar-refractivity contribution in [1.82, 2.24) is 0 Å². The van der Waals surface area contributed by atoms with E-state index in [1.54, 1.807) is 0 Å². The summed E-state index contributed by atoms with van der Waals surface area (Å²) in [5.74, 6) is 0. The smallest absolute Gasteiger partial charge is 0.0485 e. The topological polar surface area (TPSA) is 12.0 Å². The van der Waals surface area contributed by atoms with E-state index in [1.165, 1.54) is 22.4 Å². The Kier molecular flexibility index (Phi) is 4.65.